The number of ether oxygens (including phenoxy) is 3. The number of rotatable bonds is 9. The summed E-state index contributed by atoms with van der Waals surface area (Å²) in [6.45, 7) is 2.02. The second kappa shape index (κ2) is 13.2. The molecule has 45 heavy (non-hydrogen) atoms. The molecule has 1 aliphatic heterocycles. The Kier molecular flexibility index (Phi) is 8.70. The average Bonchev–Trinajstić information content (AvgIpc) is 3.38. The lowest BCUT2D eigenvalue weighted by atomic mass is 9.93. The molecule has 0 spiro atoms. The van der Waals surface area contributed by atoms with Crippen molar-refractivity contribution in [1.29, 1.82) is 0 Å². The molecule has 9 heteroatoms. The molecule has 1 atom stereocenters. The summed E-state index contributed by atoms with van der Waals surface area (Å²) < 4.78 is 32.6. The van der Waals surface area contributed by atoms with E-state index in [0.717, 1.165) is 11.1 Å². The Morgan fingerprint density at radius 1 is 0.933 bits per heavy atom. The van der Waals surface area contributed by atoms with Gasteiger partial charge >= 0.3 is 5.97 Å². The molecule has 7 nitrogen and oxygen atoms in total. The van der Waals surface area contributed by atoms with E-state index < -0.39 is 12.0 Å². The summed E-state index contributed by atoms with van der Waals surface area (Å²) in [6, 6.07) is 29.6. The molecule has 0 saturated carbocycles. The fourth-order valence-electron chi connectivity index (χ4n) is 5.13. The normalized spacial score (nSPS) is 14.5. The molecule has 226 valence electrons. The van der Waals surface area contributed by atoms with E-state index in [1.807, 2.05) is 54.6 Å². The number of hydrogen-bond acceptors (Lipinski definition) is 7. The van der Waals surface area contributed by atoms with Crippen molar-refractivity contribution in [3.8, 4) is 11.5 Å². The number of halogens is 1. The Morgan fingerprint density at radius 2 is 1.62 bits per heavy atom. The molecule has 5 aromatic rings. The summed E-state index contributed by atoms with van der Waals surface area (Å²) in [4.78, 5) is 33.0. The van der Waals surface area contributed by atoms with Crippen molar-refractivity contribution < 1.29 is 23.4 Å². The van der Waals surface area contributed by atoms with Gasteiger partial charge in [-0.2, -0.15) is 0 Å². The van der Waals surface area contributed by atoms with Crippen LogP contribution in [0.4, 0.5) is 4.39 Å². The number of nitrogens with zero attached hydrogens (tertiary/aromatic N) is 2. The van der Waals surface area contributed by atoms with Crippen LogP contribution in [0.2, 0.25) is 0 Å². The van der Waals surface area contributed by atoms with Gasteiger partial charge in [-0.3, -0.25) is 9.36 Å². The van der Waals surface area contributed by atoms with Crippen LogP contribution in [-0.4, -0.2) is 24.3 Å². The van der Waals surface area contributed by atoms with Crippen molar-refractivity contribution in [2.45, 2.75) is 19.6 Å². The maximum Gasteiger partial charge on any atom is 0.338 e. The second-order valence-corrected chi connectivity index (χ2v) is 11.2. The zero-order valence-electron chi connectivity index (χ0n) is 24.6. The van der Waals surface area contributed by atoms with Gasteiger partial charge in [0.1, 0.15) is 23.9 Å². The molecule has 6 rings (SSSR count). The number of carbonyl (C=O) groups is 1. The Balaban J connectivity index is 1.44. The van der Waals surface area contributed by atoms with Crippen molar-refractivity contribution in [3.05, 3.63) is 156 Å². The molecule has 0 radical (unpaired) electrons. The van der Waals surface area contributed by atoms with Gasteiger partial charge in [0.05, 0.1) is 35.6 Å². The Morgan fingerprint density at radius 3 is 2.31 bits per heavy atom. The van der Waals surface area contributed by atoms with Crippen molar-refractivity contribution in [3.63, 3.8) is 0 Å². The van der Waals surface area contributed by atoms with Crippen molar-refractivity contribution in [2.75, 3.05) is 13.7 Å². The topological polar surface area (TPSA) is 79.1 Å². The predicted molar refractivity (Wildman–Crippen MR) is 171 cm³/mol. The minimum Gasteiger partial charge on any atom is -0.497 e. The van der Waals surface area contributed by atoms with Gasteiger partial charge < -0.3 is 14.2 Å². The molecule has 1 aromatic heterocycles. The molecule has 1 aliphatic rings. The van der Waals surface area contributed by atoms with E-state index in [2.05, 4.69) is 0 Å². The number of carbonyl (C=O) groups excluding carboxylic acids is 1. The maximum absolute atomic E-state index is 14.1. The fourth-order valence-corrected chi connectivity index (χ4v) is 6.13. The first-order chi connectivity index (χ1) is 22.0. The summed E-state index contributed by atoms with van der Waals surface area (Å²) in [5.41, 5.74) is 3.14. The highest BCUT2D eigenvalue weighted by Gasteiger charge is 2.35. The van der Waals surface area contributed by atoms with Crippen LogP contribution in [0.25, 0.3) is 11.8 Å². The van der Waals surface area contributed by atoms with Crippen LogP contribution >= 0.6 is 11.3 Å². The standard InChI is InChI=1S/C36H29FN2O5S/c1-3-43-35(41)31-32(24-9-5-4-6-10-24)38-36-39(33(31)25-15-19-27(42-2)20-16-25)34(40)30(45-36)21-23-13-17-28(18-14-23)44-22-26-11-7-8-12-29(26)37/h4-21,33H,3,22H2,1-2H3/b30-21-/t33-/m0/s1. The molecule has 0 amide bonds. The Labute approximate surface area is 262 Å². The summed E-state index contributed by atoms with van der Waals surface area (Å²) in [6.07, 6.45) is 1.78. The molecule has 2 heterocycles. The lowest BCUT2D eigenvalue weighted by Crippen LogP contribution is -2.40. The first-order valence-electron chi connectivity index (χ1n) is 14.4. The minimum atomic E-state index is -0.780. The van der Waals surface area contributed by atoms with E-state index in [4.69, 9.17) is 19.2 Å². The third-order valence-corrected chi connectivity index (χ3v) is 8.32. The minimum absolute atomic E-state index is 0.0997. The summed E-state index contributed by atoms with van der Waals surface area (Å²) in [5, 5.41) is 0. The smallest absolute Gasteiger partial charge is 0.338 e. The van der Waals surface area contributed by atoms with Crippen LogP contribution in [0, 0.1) is 5.82 Å². The second-order valence-electron chi connectivity index (χ2n) is 10.2. The van der Waals surface area contributed by atoms with E-state index in [9.17, 15) is 14.0 Å². The van der Waals surface area contributed by atoms with Gasteiger partial charge in [-0.1, -0.05) is 84.1 Å². The highest BCUT2D eigenvalue weighted by Crippen LogP contribution is 2.35. The summed E-state index contributed by atoms with van der Waals surface area (Å²) in [7, 11) is 1.58. The van der Waals surface area contributed by atoms with E-state index in [1.165, 1.54) is 17.4 Å². The van der Waals surface area contributed by atoms with E-state index in [1.54, 1.807) is 67.1 Å². The van der Waals surface area contributed by atoms with Gasteiger partial charge in [0.2, 0.25) is 0 Å². The molecule has 0 unspecified atom stereocenters. The number of hydrogen-bond donors (Lipinski definition) is 0. The Hall–Kier alpha value is -5.28. The van der Waals surface area contributed by atoms with Crippen LogP contribution < -0.4 is 24.4 Å². The molecule has 0 aliphatic carbocycles. The largest absolute Gasteiger partial charge is 0.497 e. The molecular weight excluding hydrogens is 591 g/mol. The quantitative estimate of drug-likeness (QED) is 0.199. The monoisotopic (exact) mass is 620 g/mol. The van der Waals surface area contributed by atoms with Gasteiger partial charge in [0.25, 0.3) is 5.56 Å². The van der Waals surface area contributed by atoms with Crippen molar-refractivity contribution in [1.82, 2.24) is 4.57 Å². The van der Waals surface area contributed by atoms with Crippen LogP contribution in [0.3, 0.4) is 0 Å². The predicted octanol–water partition coefficient (Wildman–Crippen LogP) is 5.66. The number of benzene rings is 4. The highest BCUT2D eigenvalue weighted by molar-refractivity contribution is 7.07. The van der Waals surface area contributed by atoms with Gasteiger partial charge in [-0.05, 0) is 54.5 Å². The first kappa shape index (κ1) is 29.8. The molecule has 0 bridgehead atoms. The molecule has 0 N–H and O–H groups in total. The van der Waals surface area contributed by atoms with E-state index in [-0.39, 0.29) is 30.2 Å². The average molecular weight is 621 g/mol. The zero-order chi connectivity index (χ0) is 31.3. The number of aromatic nitrogens is 1. The van der Waals surface area contributed by atoms with E-state index >= 15 is 0 Å². The lowest BCUT2D eigenvalue weighted by molar-refractivity contribution is -0.138. The first-order valence-corrected chi connectivity index (χ1v) is 15.2. The summed E-state index contributed by atoms with van der Waals surface area (Å²) in [5.74, 6) is 0.362. The molecule has 0 fully saturated rings. The van der Waals surface area contributed by atoms with Crippen LogP contribution in [0.5, 0.6) is 11.5 Å². The van der Waals surface area contributed by atoms with Crippen LogP contribution in [0.15, 0.2) is 118 Å². The van der Waals surface area contributed by atoms with Crippen molar-refractivity contribution >= 4 is 29.1 Å². The SMILES string of the molecule is CCOC(=O)C1=C(c2ccccc2)N=c2s/c(=C\c3ccc(OCc4ccccc4F)cc3)c(=O)n2[C@H]1c1ccc(OC)cc1. The maximum atomic E-state index is 14.1. The number of methoxy groups -OCH3 is 1. The van der Waals surface area contributed by atoms with Gasteiger partial charge in [0.15, 0.2) is 4.80 Å². The molecule has 0 saturated heterocycles. The Bertz CT molecular complexity index is 2050. The van der Waals surface area contributed by atoms with Crippen LogP contribution in [0.1, 0.15) is 35.2 Å². The van der Waals surface area contributed by atoms with Gasteiger partial charge in [-0.25, -0.2) is 14.2 Å². The van der Waals surface area contributed by atoms with Crippen LogP contribution in [-0.2, 0) is 16.1 Å². The number of fused-ring (bicyclic) bond motifs is 1. The van der Waals surface area contributed by atoms with Gasteiger partial charge in [0, 0.05) is 11.1 Å². The molecular formula is C36H29FN2O5S. The van der Waals surface area contributed by atoms with Crippen molar-refractivity contribution in [2.24, 2.45) is 4.99 Å². The third-order valence-electron chi connectivity index (χ3n) is 7.34. The van der Waals surface area contributed by atoms with Gasteiger partial charge in [-0.15, -0.1) is 0 Å². The third kappa shape index (κ3) is 6.21. The van der Waals surface area contributed by atoms with E-state index in [0.29, 0.717) is 37.7 Å². The zero-order valence-corrected chi connectivity index (χ0v) is 25.4. The number of esters is 1. The lowest BCUT2D eigenvalue weighted by Gasteiger charge is -2.26. The molecule has 4 aromatic carbocycles. The highest BCUT2D eigenvalue weighted by atomic mass is 32.1. The fraction of sp³-hybridized carbons (Fsp3) is 0.139. The number of thiazole rings is 1. The summed E-state index contributed by atoms with van der Waals surface area (Å²) >= 11 is 1.25.